The van der Waals surface area contributed by atoms with E-state index in [1.165, 1.54) is 6.07 Å². The quantitative estimate of drug-likeness (QED) is 0.543. The third-order valence-electron chi connectivity index (χ3n) is 1.66. The molecule has 0 aliphatic rings. The van der Waals surface area contributed by atoms with Crippen LogP contribution in [-0.2, 0) is 0 Å². The molecule has 1 N–H and O–H groups in total. The first-order chi connectivity index (χ1) is 5.43. The number of H-pyrrole nitrogens is 1. The number of rotatable bonds is 1. The molecule has 0 spiro atoms. The molecule has 0 fully saturated rings. The van der Waals surface area contributed by atoms with E-state index in [9.17, 15) is 4.79 Å². The van der Waals surface area contributed by atoms with Crippen molar-refractivity contribution < 1.29 is 0 Å². The summed E-state index contributed by atoms with van der Waals surface area (Å²) in [5.74, 6) is 0. The van der Waals surface area contributed by atoms with Gasteiger partial charge in [-0.2, -0.15) is 0 Å². The standard InChI is InChI=1S/C8H12ClNOSi/c1-12(2,3)7-6(11)4-5-10-8(7)9/h4-5H,1-3H3,(H,10,11). The molecule has 0 aliphatic carbocycles. The van der Waals surface area contributed by atoms with E-state index in [4.69, 9.17) is 11.6 Å². The lowest BCUT2D eigenvalue weighted by Gasteiger charge is -2.16. The minimum absolute atomic E-state index is 0.0536. The van der Waals surface area contributed by atoms with Gasteiger partial charge in [-0.1, -0.05) is 31.2 Å². The first kappa shape index (κ1) is 9.54. The predicted octanol–water partition coefficient (Wildman–Crippen LogP) is 1.57. The van der Waals surface area contributed by atoms with Crippen LogP contribution in [0.25, 0.3) is 0 Å². The maximum atomic E-state index is 11.4. The first-order valence-corrected chi connectivity index (χ1v) is 7.68. The molecule has 0 aromatic carbocycles. The third kappa shape index (κ3) is 1.79. The summed E-state index contributed by atoms with van der Waals surface area (Å²) in [5.41, 5.74) is 0.0536. The van der Waals surface area contributed by atoms with E-state index in [2.05, 4.69) is 24.6 Å². The molecule has 0 atom stereocenters. The molecular formula is C8H12ClNOSi. The van der Waals surface area contributed by atoms with Crippen molar-refractivity contribution in [1.82, 2.24) is 4.98 Å². The zero-order chi connectivity index (χ0) is 9.35. The maximum Gasteiger partial charge on any atom is 0.182 e. The lowest BCUT2D eigenvalue weighted by atomic mass is 10.5. The number of hydrogen-bond acceptors (Lipinski definition) is 1. The number of nitrogens with one attached hydrogen (secondary N) is 1. The van der Waals surface area contributed by atoms with Gasteiger partial charge in [0.05, 0.1) is 8.07 Å². The van der Waals surface area contributed by atoms with Crippen molar-refractivity contribution in [3.05, 3.63) is 27.6 Å². The van der Waals surface area contributed by atoms with E-state index in [-0.39, 0.29) is 5.43 Å². The number of aromatic amines is 1. The second-order valence-corrected chi connectivity index (χ2v) is 9.16. The van der Waals surface area contributed by atoms with Gasteiger partial charge >= 0.3 is 0 Å². The van der Waals surface area contributed by atoms with E-state index in [1.807, 2.05) is 0 Å². The first-order valence-electron chi connectivity index (χ1n) is 3.80. The Kier molecular flexibility index (Phi) is 2.44. The van der Waals surface area contributed by atoms with E-state index >= 15 is 0 Å². The minimum atomic E-state index is -1.60. The van der Waals surface area contributed by atoms with Gasteiger partial charge in [0.2, 0.25) is 0 Å². The van der Waals surface area contributed by atoms with E-state index in [0.29, 0.717) is 5.15 Å². The van der Waals surface area contributed by atoms with Crippen molar-refractivity contribution in [2.75, 3.05) is 0 Å². The molecule has 1 heterocycles. The lowest BCUT2D eigenvalue weighted by Crippen LogP contribution is -2.47. The van der Waals surface area contributed by atoms with Crippen molar-refractivity contribution in [3.63, 3.8) is 0 Å². The van der Waals surface area contributed by atoms with Crippen LogP contribution in [0.15, 0.2) is 17.1 Å². The van der Waals surface area contributed by atoms with Crippen molar-refractivity contribution in [2.45, 2.75) is 19.6 Å². The Bertz CT molecular complexity index is 340. The molecule has 1 rings (SSSR count). The number of aromatic nitrogens is 1. The SMILES string of the molecule is C[Si](C)(C)c1c(Cl)[nH]ccc1=O. The third-order valence-corrected chi connectivity index (χ3v) is 4.11. The molecule has 0 saturated heterocycles. The van der Waals surface area contributed by atoms with Gasteiger partial charge in [-0.15, -0.1) is 0 Å². The van der Waals surface area contributed by atoms with Gasteiger partial charge in [0.15, 0.2) is 5.43 Å². The van der Waals surface area contributed by atoms with Crippen molar-refractivity contribution in [2.24, 2.45) is 0 Å². The van der Waals surface area contributed by atoms with Crippen LogP contribution in [0.3, 0.4) is 0 Å². The summed E-state index contributed by atoms with van der Waals surface area (Å²) in [6, 6.07) is 1.53. The Morgan fingerprint density at radius 1 is 1.42 bits per heavy atom. The highest BCUT2D eigenvalue weighted by atomic mass is 35.5. The fraction of sp³-hybridized carbons (Fsp3) is 0.375. The lowest BCUT2D eigenvalue weighted by molar-refractivity contribution is 1.32. The predicted molar refractivity (Wildman–Crippen MR) is 55.1 cm³/mol. The van der Waals surface area contributed by atoms with E-state index in [0.717, 1.165) is 5.19 Å². The molecule has 0 aliphatic heterocycles. The van der Waals surface area contributed by atoms with Crippen molar-refractivity contribution in [1.29, 1.82) is 0 Å². The zero-order valence-corrected chi connectivity index (χ0v) is 9.20. The largest absolute Gasteiger partial charge is 0.352 e. The van der Waals surface area contributed by atoms with E-state index in [1.54, 1.807) is 6.20 Å². The van der Waals surface area contributed by atoms with Gasteiger partial charge in [-0.3, -0.25) is 4.79 Å². The molecule has 1 aromatic rings. The molecule has 0 bridgehead atoms. The average Bonchev–Trinajstić information content (AvgIpc) is 1.82. The fourth-order valence-corrected chi connectivity index (χ4v) is 3.71. The molecule has 12 heavy (non-hydrogen) atoms. The highest BCUT2D eigenvalue weighted by molar-refractivity contribution is 6.90. The van der Waals surface area contributed by atoms with Gasteiger partial charge in [-0.05, 0) is 0 Å². The summed E-state index contributed by atoms with van der Waals surface area (Å²) >= 11 is 5.89. The van der Waals surface area contributed by atoms with Crippen LogP contribution in [0.2, 0.25) is 24.8 Å². The number of hydrogen-bond donors (Lipinski definition) is 1. The van der Waals surface area contributed by atoms with Crippen LogP contribution >= 0.6 is 11.6 Å². The number of pyridine rings is 1. The fourth-order valence-electron chi connectivity index (χ4n) is 1.15. The van der Waals surface area contributed by atoms with E-state index < -0.39 is 8.07 Å². The van der Waals surface area contributed by atoms with Gasteiger partial charge in [0.1, 0.15) is 5.15 Å². The number of halogens is 1. The maximum absolute atomic E-state index is 11.4. The Hall–Kier alpha value is -0.543. The van der Waals surface area contributed by atoms with Crippen molar-refractivity contribution >= 4 is 24.9 Å². The highest BCUT2D eigenvalue weighted by Gasteiger charge is 2.22. The second-order valence-electron chi connectivity index (χ2n) is 3.78. The molecular weight excluding hydrogens is 190 g/mol. The van der Waals surface area contributed by atoms with Gasteiger partial charge in [-0.25, -0.2) is 0 Å². The Morgan fingerprint density at radius 3 is 2.33 bits per heavy atom. The van der Waals surface area contributed by atoms with Crippen LogP contribution in [0.1, 0.15) is 0 Å². The molecule has 0 unspecified atom stereocenters. The Morgan fingerprint density at radius 2 is 2.00 bits per heavy atom. The molecule has 1 aromatic heterocycles. The topological polar surface area (TPSA) is 32.9 Å². The van der Waals surface area contributed by atoms with Gasteiger partial charge in [0, 0.05) is 17.4 Å². The summed E-state index contributed by atoms with van der Waals surface area (Å²) in [6.07, 6.45) is 1.58. The highest BCUT2D eigenvalue weighted by Crippen LogP contribution is 2.05. The Balaban J connectivity index is 3.42. The molecule has 66 valence electrons. The van der Waals surface area contributed by atoms with Crippen molar-refractivity contribution in [3.8, 4) is 0 Å². The smallest absolute Gasteiger partial charge is 0.182 e. The monoisotopic (exact) mass is 201 g/mol. The molecule has 4 heteroatoms. The molecule has 0 radical (unpaired) electrons. The summed E-state index contributed by atoms with van der Waals surface area (Å²) in [5, 5.41) is 1.29. The summed E-state index contributed by atoms with van der Waals surface area (Å²) < 4.78 is 0. The van der Waals surface area contributed by atoms with Crippen LogP contribution in [0.5, 0.6) is 0 Å². The van der Waals surface area contributed by atoms with Crippen LogP contribution in [-0.4, -0.2) is 13.1 Å². The summed E-state index contributed by atoms with van der Waals surface area (Å²) in [7, 11) is -1.60. The second kappa shape index (κ2) is 3.07. The average molecular weight is 202 g/mol. The summed E-state index contributed by atoms with van der Waals surface area (Å²) in [6.45, 7) is 6.30. The van der Waals surface area contributed by atoms with Gasteiger partial charge < -0.3 is 4.98 Å². The molecule has 2 nitrogen and oxygen atoms in total. The molecule has 0 amide bonds. The summed E-state index contributed by atoms with van der Waals surface area (Å²) in [4.78, 5) is 14.3. The van der Waals surface area contributed by atoms with Crippen LogP contribution in [0.4, 0.5) is 0 Å². The van der Waals surface area contributed by atoms with Crippen LogP contribution < -0.4 is 10.6 Å². The molecule has 0 saturated carbocycles. The normalized spacial score (nSPS) is 11.7. The minimum Gasteiger partial charge on any atom is -0.352 e. The zero-order valence-electron chi connectivity index (χ0n) is 7.44. The van der Waals surface area contributed by atoms with Gasteiger partial charge in [0.25, 0.3) is 0 Å². The Labute approximate surface area is 77.6 Å². The van der Waals surface area contributed by atoms with Crippen LogP contribution in [0, 0.1) is 0 Å².